The van der Waals surface area contributed by atoms with Gasteiger partial charge in [0.05, 0.1) is 0 Å². The Morgan fingerprint density at radius 2 is 1.58 bits per heavy atom. The van der Waals surface area contributed by atoms with Crippen LogP contribution in [0.15, 0.2) is 42.5 Å². The van der Waals surface area contributed by atoms with Gasteiger partial charge in [-0.1, -0.05) is 0 Å². The third-order valence-electron chi connectivity index (χ3n) is 4.73. The molecule has 0 unspecified atom stereocenters. The lowest BCUT2D eigenvalue weighted by Gasteiger charge is -2.35. The fraction of sp³-hybridized carbons (Fsp3) is 0.300. The number of hydrogen-bond donors (Lipinski definition) is 2. The number of piperazine rings is 1. The number of anilines is 2. The van der Waals surface area contributed by atoms with Crippen LogP contribution in [0.1, 0.15) is 26.3 Å². The molecule has 2 aromatic carbocycles. The molecule has 0 spiro atoms. The Hall–Kier alpha value is -2.86. The molecule has 0 atom stereocenters. The second-order valence-electron chi connectivity index (χ2n) is 6.69. The molecule has 3 rings (SSSR count). The van der Waals surface area contributed by atoms with Gasteiger partial charge < -0.3 is 20.9 Å². The summed E-state index contributed by atoms with van der Waals surface area (Å²) in [5.74, 6) is -0.722. The number of amides is 2. The standard InChI is InChI=1S/C20H24N4O2/c1-14-13-17(7-8-18(14)24-11-9-23(2)10-12-24)22-20(26)16-5-3-15(4-6-16)19(21)25/h3-8,13H,9-12H2,1-2H3,(H2,21,25)(H,22,26). The maximum Gasteiger partial charge on any atom is 0.255 e. The summed E-state index contributed by atoms with van der Waals surface area (Å²) in [6.45, 7) is 6.19. The number of aryl methyl sites for hydroxylation is 1. The smallest absolute Gasteiger partial charge is 0.255 e. The van der Waals surface area contributed by atoms with Crippen molar-refractivity contribution in [3.05, 3.63) is 59.2 Å². The molecule has 0 aromatic heterocycles. The Bertz CT molecular complexity index is 809. The van der Waals surface area contributed by atoms with E-state index in [9.17, 15) is 9.59 Å². The summed E-state index contributed by atoms with van der Waals surface area (Å²) < 4.78 is 0. The van der Waals surface area contributed by atoms with Crippen LogP contribution in [0.4, 0.5) is 11.4 Å². The predicted octanol–water partition coefficient (Wildman–Crippen LogP) is 2.10. The first kappa shape index (κ1) is 17.9. The summed E-state index contributed by atoms with van der Waals surface area (Å²) in [5, 5.41) is 2.90. The number of nitrogens with zero attached hydrogens (tertiary/aromatic N) is 2. The zero-order valence-corrected chi connectivity index (χ0v) is 15.2. The van der Waals surface area contributed by atoms with Crippen molar-refractivity contribution in [3.8, 4) is 0 Å². The fourth-order valence-electron chi connectivity index (χ4n) is 3.12. The van der Waals surface area contributed by atoms with E-state index in [1.165, 1.54) is 5.69 Å². The van der Waals surface area contributed by atoms with E-state index >= 15 is 0 Å². The summed E-state index contributed by atoms with van der Waals surface area (Å²) in [6.07, 6.45) is 0. The molecule has 1 heterocycles. The van der Waals surface area contributed by atoms with Crippen LogP contribution in [0.2, 0.25) is 0 Å². The normalized spacial score (nSPS) is 14.9. The fourth-order valence-corrected chi connectivity index (χ4v) is 3.12. The molecule has 2 aromatic rings. The Kier molecular flexibility index (Phi) is 5.23. The van der Waals surface area contributed by atoms with Gasteiger partial charge in [-0.3, -0.25) is 9.59 Å². The molecule has 1 aliphatic rings. The van der Waals surface area contributed by atoms with E-state index in [4.69, 9.17) is 5.73 Å². The highest BCUT2D eigenvalue weighted by atomic mass is 16.2. The molecule has 136 valence electrons. The van der Waals surface area contributed by atoms with Crippen molar-refractivity contribution in [2.45, 2.75) is 6.92 Å². The molecule has 1 fully saturated rings. The van der Waals surface area contributed by atoms with Crippen molar-refractivity contribution in [2.75, 3.05) is 43.4 Å². The van der Waals surface area contributed by atoms with Gasteiger partial charge in [-0.15, -0.1) is 0 Å². The van der Waals surface area contributed by atoms with Crippen LogP contribution in [-0.4, -0.2) is 49.9 Å². The van der Waals surface area contributed by atoms with E-state index < -0.39 is 5.91 Å². The minimum absolute atomic E-state index is 0.215. The van der Waals surface area contributed by atoms with Crippen LogP contribution >= 0.6 is 0 Å². The number of hydrogen-bond acceptors (Lipinski definition) is 4. The molecular weight excluding hydrogens is 328 g/mol. The van der Waals surface area contributed by atoms with Crippen molar-refractivity contribution in [2.24, 2.45) is 5.73 Å². The van der Waals surface area contributed by atoms with Gasteiger partial charge in [-0.05, 0) is 62.0 Å². The molecule has 0 aliphatic carbocycles. The SMILES string of the molecule is Cc1cc(NC(=O)c2ccc(C(N)=O)cc2)ccc1N1CCN(C)CC1. The minimum atomic E-state index is -0.507. The Labute approximate surface area is 153 Å². The molecule has 26 heavy (non-hydrogen) atoms. The zero-order chi connectivity index (χ0) is 18.7. The maximum absolute atomic E-state index is 12.4. The molecular formula is C20H24N4O2. The number of likely N-dealkylation sites (N-methyl/N-ethyl adjacent to an activating group) is 1. The Morgan fingerprint density at radius 1 is 0.962 bits per heavy atom. The van der Waals surface area contributed by atoms with Gasteiger partial charge in [0.1, 0.15) is 0 Å². The van der Waals surface area contributed by atoms with E-state index in [1.54, 1.807) is 24.3 Å². The maximum atomic E-state index is 12.4. The van der Waals surface area contributed by atoms with Crippen LogP contribution < -0.4 is 16.0 Å². The van der Waals surface area contributed by atoms with Gasteiger partial charge in [0.25, 0.3) is 5.91 Å². The van der Waals surface area contributed by atoms with Crippen LogP contribution in [-0.2, 0) is 0 Å². The number of nitrogens with one attached hydrogen (secondary N) is 1. The third-order valence-corrected chi connectivity index (χ3v) is 4.73. The summed E-state index contributed by atoms with van der Waals surface area (Å²) in [5.41, 5.74) is 9.18. The Balaban J connectivity index is 1.69. The van der Waals surface area contributed by atoms with E-state index in [-0.39, 0.29) is 5.91 Å². The van der Waals surface area contributed by atoms with Crippen molar-refractivity contribution in [1.82, 2.24) is 4.90 Å². The van der Waals surface area contributed by atoms with Crippen LogP contribution in [0, 0.1) is 6.92 Å². The van der Waals surface area contributed by atoms with E-state index in [1.807, 2.05) is 12.1 Å². The monoisotopic (exact) mass is 352 g/mol. The third kappa shape index (κ3) is 4.03. The second-order valence-corrected chi connectivity index (χ2v) is 6.69. The first-order valence-corrected chi connectivity index (χ1v) is 8.69. The molecule has 2 amide bonds. The molecule has 1 saturated heterocycles. The average molecular weight is 352 g/mol. The molecule has 1 aliphatic heterocycles. The van der Waals surface area contributed by atoms with Crippen LogP contribution in [0.5, 0.6) is 0 Å². The second kappa shape index (κ2) is 7.58. The van der Waals surface area contributed by atoms with Gasteiger partial charge in [-0.25, -0.2) is 0 Å². The summed E-state index contributed by atoms with van der Waals surface area (Å²) in [4.78, 5) is 28.2. The van der Waals surface area contributed by atoms with Crippen molar-refractivity contribution < 1.29 is 9.59 Å². The predicted molar refractivity (Wildman–Crippen MR) is 104 cm³/mol. The average Bonchev–Trinajstić information content (AvgIpc) is 2.63. The van der Waals surface area contributed by atoms with Crippen LogP contribution in [0.3, 0.4) is 0 Å². The number of primary amides is 1. The van der Waals surface area contributed by atoms with Gasteiger partial charge in [-0.2, -0.15) is 0 Å². The van der Waals surface area contributed by atoms with Gasteiger partial charge >= 0.3 is 0 Å². The van der Waals surface area contributed by atoms with Crippen molar-refractivity contribution >= 4 is 23.2 Å². The largest absolute Gasteiger partial charge is 0.369 e. The lowest BCUT2D eigenvalue weighted by atomic mass is 10.1. The van der Waals surface area contributed by atoms with E-state index in [0.29, 0.717) is 11.1 Å². The summed E-state index contributed by atoms with van der Waals surface area (Å²) in [7, 11) is 2.14. The number of benzene rings is 2. The first-order valence-electron chi connectivity index (χ1n) is 8.69. The van der Waals surface area contributed by atoms with Gasteiger partial charge in [0.15, 0.2) is 0 Å². The van der Waals surface area contributed by atoms with Crippen LogP contribution in [0.25, 0.3) is 0 Å². The highest BCUT2D eigenvalue weighted by molar-refractivity contribution is 6.05. The van der Waals surface area contributed by atoms with E-state index in [0.717, 1.165) is 37.4 Å². The molecule has 0 saturated carbocycles. The highest BCUT2D eigenvalue weighted by Gasteiger charge is 2.16. The van der Waals surface area contributed by atoms with E-state index in [2.05, 4.69) is 35.2 Å². The van der Waals surface area contributed by atoms with Gasteiger partial charge in [0, 0.05) is 48.7 Å². The highest BCUT2D eigenvalue weighted by Crippen LogP contribution is 2.25. The lowest BCUT2D eigenvalue weighted by molar-refractivity contribution is 0.0995. The topological polar surface area (TPSA) is 78.7 Å². The molecule has 6 heteroatoms. The lowest BCUT2D eigenvalue weighted by Crippen LogP contribution is -2.44. The minimum Gasteiger partial charge on any atom is -0.369 e. The molecule has 0 radical (unpaired) electrons. The van der Waals surface area contributed by atoms with Crippen molar-refractivity contribution in [1.29, 1.82) is 0 Å². The Morgan fingerprint density at radius 3 is 2.15 bits per heavy atom. The number of carbonyl (C=O) groups excluding carboxylic acids is 2. The van der Waals surface area contributed by atoms with Gasteiger partial charge in [0.2, 0.25) is 5.91 Å². The number of rotatable bonds is 4. The first-order chi connectivity index (χ1) is 12.4. The quantitative estimate of drug-likeness (QED) is 0.883. The molecule has 6 nitrogen and oxygen atoms in total. The summed E-state index contributed by atoms with van der Waals surface area (Å²) in [6, 6.07) is 12.3. The zero-order valence-electron chi connectivity index (χ0n) is 15.2. The number of nitrogens with two attached hydrogens (primary N) is 1. The molecule has 0 bridgehead atoms. The number of carbonyl (C=O) groups is 2. The summed E-state index contributed by atoms with van der Waals surface area (Å²) >= 11 is 0. The van der Waals surface area contributed by atoms with Crippen molar-refractivity contribution in [3.63, 3.8) is 0 Å². The molecule has 3 N–H and O–H groups in total.